The molecule has 14 heavy (non-hydrogen) atoms. The first-order valence-corrected chi connectivity index (χ1v) is 5.17. The highest BCUT2D eigenvalue weighted by Gasteiger charge is 2.57. The molecule has 1 aliphatic carbocycles. The molecular weight excluding hydrogens is 176 g/mol. The van der Waals surface area contributed by atoms with Crippen LogP contribution in [0.1, 0.15) is 24.5 Å². The van der Waals surface area contributed by atoms with Gasteiger partial charge in [0.05, 0.1) is 18.3 Å². The maximum atomic E-state index is 9.20. The van der Waals surface area contributed by atoms with E-state index in [1.165, 1.54) is 5.56 Å². The predicted octanol–water partition coefficient (Wildman–Crippen LogP) is 1.90. The highest BCUT2D eigenvalue weighted by molar-refractivity contribution is 5.23. The van der Waals surface area contributed by atoms with Crippen LogP contribution in [-0.2, 0) is 4.74 Å². The third-order valence-electron chi connectivity index (χ3n) is 3.49. The Bertz CT molecular complexity index is 327. The van der Waals surface area contributed by atoms with Crippen LogP contribution >= 0.6 is 0 Å². The molecule has 1 N–H and O–H groups in total. The molecule has 74 valence electrons. The summed E-state index contributed by atoms with van der Waals surface area (Å²) in [4.78, 5) is 0. The van der Waals surface area contributed by atoms with Crippen molar-refractivity contribution in [1.29, 1.82) is 0 Å². The lowest BCUT2D eigenvalue weighted by molar-refractivity contribution is -0.0624. The normalized spacial score (nSPS) is 39.5. The third-order valence-corrected chi connectivity index (χ3v) is 3.49. The molecule has 1 aromatic carbocycles. The van der Waals surface area contributed by atoms with Crippen LogP contribution in [0.5, 0.6) is 0 Å². The number of hydrogen-bond acceptors (Lipinski definition) is 2. The molecule has 1 saturated carbocycles. The summed E-state index contributed by atoms with van der Waals surface area (Å²) >= 11 is 0. The minimum atomic E-state index is -0.189. The van der Waals surface area contributed by atoms with Crippen molar-refractivity contribution < 1.29 is 9.84 Å². The monoisotopic (exact) mass is 190 g/mol. The molecule has 3 aliphatic rings. The van der Waals surface area contributed by atoms with Crippen LogP contribution in [-0.4, -0.2) is 17.3 Å². The summed E-state index contributed by atoms with van der Waals surface area (Å²) in [6.07, 6.45) is 2.29. The predicted molar refractivity (Wildman–Crippen MR) is 52.8 cm³/mol. The largest absolute Gasteiger partial charge is 0.393 e. The molecule has 2 heterocycles. The lowest BCUT2D eigenvalue weighted by atomic mass is 9.72. The standard InChI is InChI=1S/C12H14O2/c13-8-12-6-10(7-12)11(14-12)9-4-2-1-3-5-9/h1-5,10-11,13H,6-8H2. The molecule has 0 aromatic heterocycles. The Balaban J connectivity index is 1.84. The zero-order valence-electron chi connectivity index (χ0n) is 8.02. The summed E-state index contributed by atoms with van der Waals surface area (Å²) < 4.78 is 5.91. The molecule has 3 fully saturated rings. The first kappa shape index (κ1) is 8.45. The van der Waals surface area contributed by atoms with Crippen LogP contribution in [0, 0.1) is 5.92 Å². The summed E-state index contributed by atoms with van der Waals surface area (Å²) in [5.41, 5.74) is 1.07. The van der Waals surface area contributed by atoms with E-state index in [2.05, 4.69) is 12.1 Å². The van der Waals surface area contributed by atoms with Gasteiger partial charge in [0, 0.05) is 0 Å². The fourth-order valence-corrected chi connectivity index (χ4v) is 2.72. The minimum absolute atomic E-state index is 0.173. The van der Waals surface area contributed by atoms with Gasteiger partial charge >= 0.3 is 0 Å². The van der Waals surface area contributed by atoms with Crippen LogP contribution in [0.4, 0.5) is 0 Å². The number of rotatable bonds is 2. The van der Waals surface area contributed by atoms with E-state index in [-0.39, 0.29) is 18.3 Å². The topological polar surface area (TPSA) is 29.5 Å². The van der Waals surface area contributed by atoms with E-state index >= 15 is 0 Å². The molecule has 0 amide bonds. The van der Waals surface area contributed by atoms with Gasteiger partial charge in [0.25, 0.3) is 0 Å². The van der Waals surface area contributed by atoms with Gasteiger partial charge < -0.3 is 9.84 Å². The quantitative estimate of drug-likeness (QED) is 0.771. The SMILES string of the molecule is OCC12CC(C1)C(c1ccccc1)O2. The lowest BCUT2D eigenvalue weighted by Crippen LogP contribution is -2.39. The molecule has 2 aliphatic heterocycles. The molecule has 1 unspecified atom stereocenters. The molecule has 1 aromatic rings. The van der Waals surface area contributed by atoms with Gasteiger partial charge in [-0.3, -0.25) is 0 Å². The van der Waals surface area contributed by atoms with E-state index in [1.54, 1.807) is 0 Å². The van der Waals surface area contributed by atoms with Crippen LogP contribution in [0.3, 0.4) is 0 Å². The summed E-state index contributed by atoms with van der Waals surface area (Å²) in [5.74, 6) is 0.629. The van der Waals surface area contributed by atoms with Crippen molar-refractivity contribution in [3.8, 4) is 0 Å². The summed E-state index contributed by atoms with van der Waals surface area (Å²) in [5, 5.41) is 9.20. The number of benzene rings is 1. The maximum absolute atomic E-state index is 9.20. The van der Waals surface area contributed by atoms with Crippen LogP contribution in [0.25, 0.3) is 0 Å². The van der Waals surface area contributed by atoms with Crippen molar-refractivity contribution in [2.24, 2.45) is 5.92 Å². The van der Waals surface area contributed by atoms with Crippen molar-refractivity contribution >= 4 is 0 Å². The van der Waals surface area contributed by atoms with Gasteiger partial charge in [-0.05, 0) is 24.3 Å². The summed E-state index contributed by atoms with van der Waals surface area (Å²) in [6.45, 7) is 0.173. The van der Waals surface area contributed by atoms with Crippen molar-refractivity contribution in [3.05, 3.63) is 35.9 Å². The first-order chi connectivity index (χ1) is 6.83. The van der Waals surface area contributed by atoms with Gasteiger partial charge in [0.15, 0.2) is 0 Å². The molecule has 0 spiro atoms. The van der Waals surface area contributed by atoms with Crippen LogP contribution < -0.4 is 0 Å². The van der Waals surface area contributed by atoms with Crippen molar-refractivity contribution in [3.63, 3.8) is 0 Å². The Morgan fingerprint density at radius 1 is 1.29 bits per heavy atom. The van der Waals surface area contributed by atoms with Gasteiger partial charge in [-0.2, -0.15) is 0 Å². The first-order valence-electron chi connectivity index (χ1n) is 5.17. The molecule has 1 atom stereocenters. The number of ether oxygens (including phenoxy) is 1. The fraction of sp³-hybridized carbons (Fsp3) is 0.500. The number of aliphatic hydroxyl groups excluding tert-OH is 1. The van der Waals surface area contributed by atoms with Gasteiger partial charge in [-0.1, -0.05) is 30.3 Å². The van der Waals surface area contributed by atoms with Gasteiger partial charge in [0.2, 0.25) is 0 Å². The number of fused-ring (bicyclic) bond motifs is 1. The lowest BCUT2D eigenvalue weighted by Gasteiger charge is -2.33. The Hall–Kier alpha value is -0.860. The van der Waals surface area contributed by atoms with E-state index in [0.29, 0.717) is 5.92 Å². The number of aliphatic hydroxyl groups is 1. The summed E-state index contributed by atoms with van der Waals surface area (Å²) in [6, 6.07) is 10.3. The van der Waals surface area contributed by atoms with Crippen LogP contribution in [0.2, 0.25) is 0 Å². The Labute approximate surface area is 83.5 Å². The van der Waals surface area contributed by atoms with Gasteiger partial charge in [-0.25, -0.2) is 0 Å². The second-order valence-corrected chi connectivity index (χ2v) is 4.46. The second-order valence-electron chi connectivity index (χ2n) is 4.46. The highest BCUT2D eigenvalue weighted by Crippen LogP contribution is 2.58. The number of hydrogen-bond donors (Lipinski definition) is 1. The van der Waals surface area contributed by atoms with E-state index in [1.807, 2.05) is 18.2 Å². The van der Waals surface area contributed by atoms with Crippen molar-refractivity contribution in [2.75, 3.05) is 6.61 Å². The average molecular weight is 190 g/mol. The van der Waals surface area contributed by atoms with Crippen molar-refractivity contribution in [2.45, 2.75) is 24.5 Å². The Morgan fingerprint density at radius 3 is 2.57 bits per heavy atom. The maximum Gasteiger partial charge on any atom is 0.0928 e. The van der Waals surface area contributed by atoms with Gasteiger partial charge in [0.1, 0.15) is 0 Å². The Morgan fingerprint density at radius 2 is 2.00 bits per heavy atom. The zero-order valence-corrected chi connectivity index (χ0v) is 8.02. The third kappa shape index (κ3) is 1.04. The zero-order chi connectivity index (χ0) is 9.60. The van der Waals surface area contributed by atoms with Gasteiger partial charge in [-0.15, -0.1) is 0 Å². The molecule has 2 saturated heterocycles. The van der Waals surface area contributed by atoms with E-state index in [0.717, 1.165) is 12.8 Å². The molecule has 2 nitrogen and oxygen atoms in total. The second kappa shape index (κ2) is 2.81. The molecule has 2 bridgehead atoms. The van der Waals surface area contributed by atoms with E-state index < -0.39 is 0 Å². The highest BCUT2D eigenvalue weighted by atomic mass is 16.5. The molecule has 0 radical (unpaired) electrons. The van der Waals surface area contributed by atoms with E-state index in [9.17, 15) is 5.11 Å². The van der Waals surface area contributed by atoms with Crippen LogP contribution in [0.15, 0.2) is 30.3 Å². The Kier molecular flexibility index (Phi) is 1.70. The smallest absolute Gasteiger partial charge is 0.0928 e. The molecule has 2 heteroatoms. The average Bonchev–Trinajstić information content (AvgIpc) is 2.73. The summed E-state index contributed by atoms with van der Waals surface area (Å²) in [7, 11) is 0. The molecular formula is C12H14O2. The fourth-order valence-electron chi connectivity index (χ4n) is 2.72. The van der Waals surface area contributed by atoms with Crippen molar-refractivity contribution in [1.82, 2.24) is 0 Å². The molecule has 4 rings (SSSR count). The minimum Gasteiger partial charge on any atom is -0.393 e. The van der Waals surface area contributed by atoms with E-state index in [4.69, 9.17) is 4.74 Å².